The molecule has 0 amide bonds. The van der Waals surface area contributed by atoms with Gasteiger partial charge in [0.15, 0.2) is 0 Å². The van der Waals surface area contributed by atoms with Crippen molar-refractivity contribution in [2.45, 2.75) is 26.9 Å². The molecule has 0 aromatic heterocycles. The van der Waals surface area contributed by atoms with Crippen molar-refractivity contribution in [1.82, 2.24) is 0 Å². The van der Waals surface area contributed by atoms with Gasteiger partial charge < -0.3 is 9.84 Å². The van der Waals surface area contributed by atoms with Crippen molar-refractivity contribution in [1.29, 1.82) is 0 Å². The minimum Gasteiger partial charge on any atom is -0.490 e. The lowest BCUT2D eigenvalue weighted by atomic mass is 10.1. The van der Waals surface area contributed by atoms with Crippen molar-refractivity contribution >= 4 is 0 Å². The molecule has 0 bridgehead atoms. The van der Waals surface area contributed by atoms with E-state index >= 15 is 0 Å². The lowest BCUT2D eigenvalue weighted by Crippen LogP contribution is -1.95. The van der Waals surface area contributed by atoms with E-state index in [4.69, 9.17) is 4.74 Å². The van der Waals surface area contributed by atoms with Gasteiger partial charge in [-0.3, -0.25) is 0 Å². The summed E-state index contributed by atoms with van der Waals surface area (Å²) < 4.78 is 5.49. The Hall–Kier alpha value is -1.28. The molecule has 1 aromatic carbocycles. The highest BCUT2D eigenvalue weighted by molar-refractivity contribution is 5.28. The molecule has 0 saturated heterocycles. The SMILES string of the molecule is CC(C)=CCOc1ccc([C@H](C)O)cc1. The second kappa shape index (κ2) is 5.56. The smallest absolute Gasteiger partial charge is 0.119 e. The molecule has 82 valence electrons. The maximum Gasteiger partial charge on any atom is 0.119 e. The lowest BCUT2D eigenvalue weighted by Gasteiger charge is -2.07. The van der Waals surface area contributed by atoms with Crippen LogP contribution in [-0.4, -0.2) is 11.7 Å². The van der Waals surface area contributed by atoms with Gasteiger partial charge in [-0.2, -0.15) is 0 Å². The van der Waals surface area contributed by atoms with E-state index in [-0.39, 0.29) is 0 Å². The van der Waals surface area contributed by atoms with Crippen molar-refractivity contribution in [3.8, 4) is 5.75 Å². The van der Waals surface area contributed by atoms with Crippen LogP contribution in [0.25, 0.3) is 0 Å². The molecular formula is C13H18O2. The first-order valence-corrected chi connectivity index (χ1v) is 5.14. The predicted molar refractivity (Wildman–Crippen MR) is 62.0 cm³/mol. The quantitative estimate of drug-likeness (QED) is 0.767. The van der Waals surface area contributed by atoms with Crippen LogP contribution in [0.2, 0.25) is 0 Å². The Morgan fingerprint density at radius 1 is 1.33 bits per heavy atom. The number of benzene rings is 1. The first-order valence-electron chi connectivity index (χ1n) is 5.14. The van der Waals surface area contributed by atoms with Crippen LogP contribution in [-0.2, 0) is 0 Å². The van der Waals surface area contributed by atoms with Gasteiger partial charge in [-0.15, -0.1) is 0 Å². The molecule has 0 unspecified atom stereocenters. The summed E-state index contributed by atoms with van der Waals surface area (Å²) in [6.07, 6.45) is 1.61. The molecule has 0 aliphatic carbocycles. The molecule has 2 heteroatoms. The third-order valence-corrected chi connectivity index (χ3v) is 2.10. The van der Waals surface area contributed by atoms with Gasteiger partial charge >= 0.3 is 0 Å². The molecular weight excluding hydrogens is 188 g/mol. The van der Waals surface area contributed by atoms with Gasteiger partial charge in [-0.25, -0.2) is 0 Å². The van der Waals surface area contributed by atoms with Crippen molar-refractivity contribution in [3.05, 3.63) is 41.5 Å². The Morgan fingerprint density at radius 2 is 1.93 bits per heavy atom. The number of ether oxygens (including phenoxy) is 1. The second-order valence-corrected chi connectivity index (χ2v) is 3.84. The summed E-state index contributed by atoms with van der Waals surface area (Å²) in [5.41, 5.74) is 2.15. The third kappa shape index (κ3) is 4.17. The maximum absolute atomic E-state index is 9.31. The minimum absolute atomic E-state index is 0.420. The molecule has 0 saturated carbocycles. The standard InChI is InChI=1S/C13H18O2/c1-10(2)8-9-15-13-6-4-12(5-7-13)11(3)14/h4-8,11,14H,9H2,1-3H3/t11-/m0/s1. The zero-order chi connectivity index (χ0) is 11.3. The molecule has 1 rings (SSSR count). The summed E-state index contributed by atoms with van der Waals surface area (Å²) in [5.74, 6) is 0.830. The molecule has 0 aliphatic heterocycles. The average Bonchev–Trinajstić information content (AvgIpc) is 2.18. The largest absolute Gasteiger partial charge is 0.490 e. The van der Waals surface area contributed by atoms with Gasteiger partial charge in [0.1, 0.15) is 12.4 Å². The first kappa shape index (κ1) is 11.8. The fourth-order valence-corrected chi connectivity index (χ4v) is 1.15. The van der Waals surface area contributed by atoms with Crippen molar-refractivity contribution < 1.29 is 9.84 Å². The predicted octanol–water partition coefficient (Wildman–Crippen LogP) is 3.08. The second-order valence-electron chi connectivity index (χ2n) is 3.84. The van der Waals surface area contributed by atoms with Crippen LogP contribution in [0.15, 0.2) is 35.9 Å². The van der Waals surface area contributed by atoms with Gasteiger partial charge in [-0.05, 0) is 44.5 Å². The minimum atomic E-state index is -0.420. The van der Waals surface area contributed by atoms with Crippen LogP contribution in [0.4, 0.5) is 0 Å². The third-order valence-electron chi connectivity index (χ3n) is 2.10. The number of aliphatic hydroxyl groups excluding tert-OH is 1. The number of allylic oxidation sites excluding steroid dienone is 1. The van der Waals surface area contributed by atoms with Crippen LogP contribution in [0, 0.1) is 0 Å². The highest BCUT2D eigenvalue weighted by atomic mass is 16.5. The molecule has 0 aliphatic rings. The Bertz CT molecular complexity index is 319. The van der Waals surface area contributed by atoms with Gasteiger partial charge in [0, 0.05) is 0 Å². The molecule has 1 N–H and O–H groups in total. The van der Waals surface area contributed by atoms with Gasteiger partial charge in [0.05, 0.1) is 6.10 Å². The lowest BCUT2D eigenvalue weighted by molar-refractivity contribution is 0.199. The van der Waals surface area contributed by atoms with E-state index in [1.807, 2.05) is 44.2 Å². The monoisotopic (exact) mass is 206 g/mol. The van der Waals surface area contributed by atoms with Gasteiger partial charge in [-0.1, -0.05) is 17.7 Å². The van der Waals surface area contributed by atoms with Crippen molar-refractivity contribution in [3.63, 3.8) is 0 Å². The Morgan fingerprint density at radius 3 is 2.40 bits per heavy atom. The molecule has 1 atom stereocenters. The zero-order valence-corrected chi connectivity index (χ0v) is 9.53. The van der Waals surface area contributed by atoms with Crippen LogP contribution in [0.3, 0.4) is 0 Å². The van der Waals surface area contributed by atoms with E-state index in [1.165, 1.54) is 5.57 Å². The van der Waals surface area contributed by atoms with E-state index in [2.05, 4.69) is 0 Å². The molecule has 0 radical (unpaired) electrons. The average molecular weight is 206 g/mol. The van der Waals surface area contributed by atoms with Crippen LogP contribution in [0.1, 0.15) is 32.4 Å². The first-order chi connectivity index (χ1) is 7.09. The number of rotatable bonds is 4. The van der Waals surface area contributed by atoms with E-state index in [0.717, 1.165) is 11.3 Å². The van der Waals surface area contributed by atoms with Gasteiger partial charge in [0.2, 0.25) is 0 Å². The molecule has 1 aromatic rings. The van der Waals surface area contributed by atoms with Crippen LogP contribution >= 0.6 is 0 Å². The zero-order valence-electron chi connectivity index (χ0n) is 9.53. The highest BCUT2D eigenvalue weighted by Gasteiger charge is 1.99. The maximum atomic E-state index is 9.31. The summed E-state index contributed by atoms with van der Waals surface area (Å²) in [4.78, 5) is 0. The van der Waals surface area contributed by atoms with E-state index < -0.39 is 6.10 Å². The normalized spacial score (nSPS) is 12.0. The summed E-state index contributed by atoms with van der Waals surface area (Å²) in [5, 5.41) is 9.31. The molecule has 2 nitrogen and oxygen atoms in total. The van der Waals surface area contributed by atoms with Crippen LogP contribution < -0.4 is 4.74 Å². The fraction of sp³-hybridized carbons (Fsp3) is 0.385. The Labute approximate surface area is 91.2 Å². The number of hydrogen-bond acceptors (Lipinski definition) is 2. The summed E-state index contributed by atoms with van der Waals surface area (Å²) in [7, 11) is 0. The number of hydrogen-bond donors (Lipinski definition) is 1. The topological polar surface area (TPSA) is 29.5 Å². The highest BCUT2D eigenvalue weighted by Crippen LogP contribution is 2.17. The summed E-state index contributed by atoms with van der Waals surface area (Å²) in [6, 6.07) is 7.51. The number of aliphatic hydroxyl groups is 1. The summed E-state index contributed by atoms with van der Waals surface area (Å²) in [6.45, 7) is 6.43. The molecule has 0 fully saturated rings. The molecule has 0 heterocycles. The Kier molecular flexibility index (Phi) is 4.37. The van der Waals surface area contributed by atoms with E-state index in [1.54, 1.807) is 6.92 Å². The molecule has 0 spiro atoms. The van der Waals surface area contributed by atoms with E-state index in [9.17, 15) is 5.11 Å². The van der Waals surface area contributed by atoms with Crippen molar-refractivity contribution in [2.24, 2.45) is 0 Å². The van der Waals surface area contributed by atoms with Gasteiger partial charge in [0.25, 0.3) is 0 Å². The summed E-state index contributed by atoms with van der Waals surface area (Å²) >= 11 is 0. The Balaban J connectivity index is 2.53. The molecule has 15 heavy (non-hydrogen) atoms. The fourth-order valence-electron chi connectivity index (χ4n) is 1.15. The van der Waals surface area contributed by atoms with E-state index in [0.29, 0.717) is 6.61 Å². The van der Waals surface area contributed by atoms with Crippen molar-refractivity contribution in [2.75, 3.05) is 6.61 Å². The van der Waals surface area contributed by atoms with Crippen LogP contribution in [0.5, 0.6) is 5.75 Å².